The number of methoxy groups -OCH3 is 2. The van der Waals surface area contributed by atoms with Gasteiger partial charge in [0, 0.05) is 68.3 Å². The maximum atomic E-state index is 11.0. The number of amides is 1. The quantitative estimate of drug-likeness (QED) is 0.330. The molecule has 1 aliphatic rings. The summed E-state index contributed by atoms with van der Waals surface area (Å²) in [4.78, 5) is 15.4. The summed E-state index contributed by atoms with van der Waals surface area (Å²) in [6.45, 7) is 0.980. The number of nitrogens with two attached hydrogens (primary N) is 1. The van der Waals surface area contributed by atoms with E-state index in [9.17, 15) is 4.79 Å². The number of halogens is 4. The van der Waals surface area contributed by atoms with Crippen molar-refractivity contribution in [1.29, 1.82) is 0 Å². The number of carbonyl (C=O) groups is 1. The minimum atomic E-state index is -0.988. The molecule has 1 aliphatic heterocycles. The van der Waals surface area contributed by atoms with E-state index < -0.39 is 5.79 Å². The Morgan fingerprint density at radius 2 is 1.65 bits per heavy atom. The van der Waals surface area contributed by atoms with Gasteiger partial charge in [0.25, 0.3) is 0 Å². The molecule has 0 saturated heterocycles. The van der Waals surface area contributed by atoms with Gasteiger partial charge in [-0.15, -0.1) is 0 Å². The first kappa shape index (κ1) is 26.7. The SMILES string of the molecule is Brc1ccc(Br)c(C2=NCCC2)c1.COC(CCC(N)=O)(OC)c1cc(Br)ccc1Br. The third-order valence-corrected chi connectivity index (χ3v) is 7.18. The van der Waals surface area contributed by atoms with Crippen LogP contribution in [-0.4, -0.2) is 32.4 Å². The molecule has 0 fully saturated rings. The minimum Gasteiger partial charge on any atom is -0.370 e. The fraction of sp³-hybridized carbons (Fsp3) is 0.364. The van der Waals surface area contributed by atoms with Crippen LogP contribution in [0, 0.1) is 0 Å². The lowest BCUT2D eigenvalue weighted by Gasteiger charge is -2.32. The lowest BCUT2D eigenvalue weighted by molar-refractivity contribution is -0.221. The minimum absolute atomic E-state index is 0.181. The third-order valence-electron chi connectivity index (χ3n) is 4.81. The van der Waals surface area contributed by atoms with Gasteiger partial charge in [0.05, 0.1) is 0 Å². The Morgan fingerprint density at radius 1 is 1.03 bits per heavy atom. The lowest BCUT2D eigenvalue weighted by atomic mass is 10.00. The predicted octanol–water partition coefficient (Wildman–Crippen LogP) is 6.72. The van der Waals surface area contributed by atoms with Gasteiger partial charge in [-0.1, -0.05) is 63.7 Å². The van der Waals surface area contributed by atoms with Crippen LogP contribution >= 0.6 is 63.7 Å². The number of hydrogen-bond donors (Lipinski definition) is 1. The van der Waals surface area contributed by atoms with Gasteiger partial charge in [-0.3, -0.25) is 9.79 Å². The molecule has 0 saturated carbocycles. The van der Waals surface area contributed by atoms with E-state index >= 15 is 0 Å². The van der Waals surface area contributed by atoms with Gasteiger partial charge in [0.2, 0.25) is 5.91 Å². The molecule has 0 atom stereocenters. The molecule has 3 rings (SSSR count). The Kier molecular flexibility index (Phi) is 10.8. The van der Waals surface area contributed by atoms with Crippen LogP contribution in [0.25, 0.3) is 0 Å². The first-order valence-electron chi connectivity index (χ1n) is 9.55. The number of aliphatic imine (C=N–C) groups is 1. The molecule has 2 aromatic carbocycles. The molecule has 2 N–H and O–H groups in total. The number of rotatable bonds is 7. The Balaban J connectivity index is 0.000000231. The highest BCUT2D eigenvalue weighted by Crippen LogP contribution is 2.37. The van der Waals surface area contributed by atoms with E-state index in [1.165, 1.54) is 31.9 Å². The van der Waals surface area contributed by atoms with E-state index in [4.69, 9.17) is 15.2 Å². The van der Waals surface area contributed by atoms with Gasteiger partial charge < -0.3 is 15.2 Å². The van der Waals surface area contributed by atoms with Crippen LogP contribution in [0.5, 0.6) is 0 Å². The van der Waals surface area contributed by atoms with Crippen molar-refractivity contribution in [1.82, 2.24) is 0 Å². The zero-order valence-electron chi connectivity index (χ0n) is 17.3. The number of benzene rings is 2. The van der Waals surface area contributed by atoms with Gasteiger partial charge in [-0.2, -0.15) is 0 Å². The van der Waals surface area contributed by atoms with Gasteiger partial charge in [0.1, 0.15) is 0 Å². The Morgan fingerprint density at radius 3 is 2.19 bits per heavy atom. The smallest absolute Gasteiger partial charge is 0.217 e. The normalized spacial score (nSPS) is 13.4. The number of ether oxygens (including phenoxy) is 2. The molecule has 0 radical (unpaired) electrons. The summed E-state index contributed by atoms with van der Waals surface area (Å²) in [7, 11) is 3.08. The molecule has 0 aliphatic carbocycles. The highest BCUT2D eigenvalue weighted by molar-refractivity contribution is 9.11. The summed E-state index contributed by atoms with van der Waals surface area (Å²) in [5.74, 6) is -1.38. The van der Waals surface area contributed by atoms with Crippen LogP contribution in [0.4, 0.5) is 0 Å². The van der Waals surface area contributed by atoms with Gasteiger partial charge >= 0.3 is 0 Å². The molecule has 1 heterocycles. The van der Waals surface area contributed by atoms with E-state index in [-0.39, 0.29) is 12.3 Å². The van der Waals surface area contributed by atoms with Crippen molar-refractivity contribution in [3.63, 3.8) is 0 Å². The fourth-order valence-corrected chi connectivity index (χ4v) is 4.94. The molecule has 0 aromatic heterocycles. The van der Waals surface area contributed by atoms with Crippen molar-refractivity contribution in [2.24, 2.45) is 10.7 Å². The van der Waals surface area contributed by atoms with Crippen LogP contribution in [0.3, 0.4) is 0 Å². The number of primary amides is 1. The third kappa shape index (κ3) is 7.47. The van der Waals surface area contributed by atoms with Crippen molar-refractivity contribution in [3.05, 3.63) is 65.4 Å². The Bertz CT molecular complexity index is 946. The maximum Gasteiger partial charge on any atom is 0.217 e. The maximum absolute atomic E-state index is 11.0. The largest absolute Gasteiger partial charge is 0.370 e. The van der Waals surface area contributed by atoms with Crippen LogP contribution in [0.1, 0.15) is 36.8 Å². The van der Waals surface area contributed by atoms with E-state index in [0.29, 0.717) is 6.42 Å². The molecule has 9 heteroatoms. The van der Waals surface area contributed by atoms with Crippen molar-refractivity contribution in [2.75, 3.05) is 20.8 Å². The van der Waals surface area contributed by atoms with E-state index in [1.54, 1.807) is 0 Å². The highest BCUT2D eigenvalue weighted by Gasteiger charge is 2.34. The molecule has 1 amide bonds. The molecule has 5 nitrogen and oxygen atoms in total. The first-order chi connectivity index (χ1) is 14.7. The van der Waals surface area contributed by atoms with Crippen molar-refractivity contribution in [2.45, 2.75) is 31.5 Å². The molecule has 0 unspecified atom stereocenters. The van der Waals surface area contributed by atoms with Crippen molar-refractivity contribution in [3.8, 4) is 0 Å². The number of nitrogens with zero attached hydrogens (tertiary/aromatic N) is 1. The summed E-state index contributed by atoms with van der Waals surface area (Å²) in [6, 6.07) is 11.9. The average Bonchev–Trinajstić information content (AvgIpc) is 3.28. The van der Waals surface area contributed by atoms with Crippen LogP contribution in [0.2, 0.25) is 0 Å². The van der Waals surface area contributed by atoms with Crippen LogP contribution < -0.4 is 5.73 Å². The predicted molar refractivity (Wildman–Crippen MR) is 138 cm³/mol. The van der Waals surface area contributed by atoms with E-state index in [0.717, 1.165) is 36.4 Å². The summed E-state index contributed by atoms with van der Waals surface area (Å²) in [5.41, 5.74) is 8.45. The average molecular weight is 684 g/mol. The number of hydrogen-bond acceptors (Lipinski definition) is 4. The van der Waals surface area contributed by atoms with Crippen LogP contribution in [-0.2, 0) is 20.1 Å². The Labute approximate surface area is 216 Å². The second kappa shape index (κ2) is 12.6. The molecular formula is C22H24Br4N2O3. The topological polar surface area (TPSA) is 73.9 Å². The summed E-state index contributed by atoms with van der Waals surface area (Å²) in [5, 5.41) is 0. The second-order valence-electron chi connectivity index (χ2n) is 6.81. The molecule has 168 valence electrons. The molecule has 0 bridgehead atoms. The summed E-state index contributed by atoms with van der Waals surface area (Å²) < 4.78 is 15.0. The zero-order valence-corrected chi connectivity index (χ0v) is 23.6. The lowest BCUT2D eigenvalue weighted by Crippen LogP contribution is -2.33. The molecule has 0 spiro atoms. The standard InChI is InChI=1S/C12H15Br2NO3.C10H9Br2N/c1-17-12(18-2,6-5-11(15)16)9-7-8(13)3-4-10(9)14;11-7-3-4-9(12)8(6-7)10-2-1-5-13-10/h3-4,7H,5-6H2,1-2H3,(H2,15,16);3-4,6H,1-2,5H2. The van der Waals surface area contributed by atoms with E-state index in [2.05, 4.69) is 80.8 Å². The zero-order chi connectivity index (χ0) is 23.0. The fourth-order valence-electron chi connectivity index (χ4n) is 3.20. The summed E-state index contributed by atoms with van der Waals surface area (Å²) in [6.07, 6.45) is 2.83. The van der Waals surface area contributed by atoms with Crippen molar-refractivity contribution >= 4 is 75.3 Å². The van der Waals surface area contributed by atoms with Crippen LogP contribution in [0.15, 0.2) is 59.3 Å². The van der Waals surface area contributed by atoms with E-state index in [1.807, 2.05) is 24.3 Å². The summed E-state index contributed by atoms with van der Waals surface area (Å²) >= 11 is 13.9. The molecule has 2 aromatic rings. The van der Waals surface area contributed by atoms with Gasteiger partial charge in [-0.25, -0.2) is 0 Å². The molecular weight excluding hydrogens is 660 g/mol. The van der Waals surface area contributed by atoms with Gasteiger partial charge in [0.15, 0.2) is 5.79 Å². The van der Waals surface area contributed by atoms with Crippen molar-refractivity contribution < 1.29 is 14.3 Å². The number of carbonyl (C=O) groups excluding carboxylic acids is 1. The first-order valence-corrected chi connectivity index (χ1v) is 12.7. The Hall–Kier alpha value is -0.580. The highest BCUT2D eigenvalue weighted by atomic mass is 79.9. The van der Waals surface area contributed by atoms with Gasteiger partial charge in [-0.05, 0) is 49.2 Å². The second-order valence-corrected chi connectivity index (χ2v) is 10.3. The monoisotopic (exact) mass is 680 g/mol. The molecule has 31 heavy (non-hydrogen) atoms.